The van der Waals surface area contributed by atoms with E-state index in [9.17, 15) is 0 Å². The number of hydrogen-bond donors (Lipinski definition) is 1. The lowest BCUT2D eigenvalue weighted by atomic mass is 10.1. The van der Waals surface area contributed by atoms with Crippen molar-refractivity contribution in [3.8, 4) is 0 Å². The standard InChI is InChI=1S/C13H16N6O/c1-8(2)10-6-11-13(14-4-5-19(11)17-10)15-7-12-16-9(3)18-20-12/h4-6,8H,7H2,1-3H3,(H,14,15). The summed E-state index contributed by atoms with van der Waals surface area (Å²) in [5.41, 5.74) is 1.97. The van der Waals surface area contributed by atoms with Crippen LogP contribution in [0.5, 0.6) is 0 Å². The summed E-state index contributed by atoms with van der Waals surface area (Å²) in [5.74, 6) is 2.29. The summed E-state index contributed by atoms with van der Waals surface area (Å²) in [5, 5.41) is 11.5. The van der Waals surface area contributed by atoms with E-state index in [0.29, 0.717) is 24.2 Å². The van der Waals surface area contributed by atoms with Crippen LogP contribution in [-0.2, 0) is 6.54 Å². The Morgan fingerprint density at radius 2 is 2.25 bits per heavy atom. The molecule has 0 aromatic carbocycles. The Kier molecular flexibility index (Phi) is 3.09. The van der Waals surface area contributed by atoms with Crippen molar-refractivity contribution in [2.24, 2.45) is 0 Å². The minimum absolute atomic E-state index is 0.376. The molecule has 0 atom stereocenters. The molecule has 1 N–H and O–H groups in total. The molecule has 3 aromatic heterocycles. The van der Waals surface area contributed by atoms with Gasteiger partial charge in [0.05, 0.1) is 12.2 Å². The normalized spacial score (nSPS) is 11.4. The van der Waals surface area contributed by atoms with Crippen molar-refractivity contribution in [2.45, 2.75) is 33.2 Å². The number of fused-ring (bicyclic) bond motifs is 1. The fraction of sp³-hybridized carbons (Fsp3) is 0.385. The molecular formula is C13H16N6O. The van der Waals surface area contributed by atoms with Gasteiger partial charge in [-0.15, -0.1) is 0 Å². The number of nitrogens with zero attached hydrogens (tertiary/aromatic N) is 5. The Labute approximate surface area is 116 Å². The molecule has 7 heteroatoms. The molecule has 7 nitrogen and oxygen atoms in total. The van der Waals surface area contributed by atoms with Gasteiger partial charge in [-0.1, -0.05) is 19.0 Å². The van der Waals surface area contributed by atoms with Crippen molar-refractivity contribution >= 4 is 11.3 Å². The van der Waals surface area contributed by atoms with Gasteiger partial charge in [-0.25, -0.2) is 9.50 Å². The second-order valence-electron chi connectivity index (χ2n) is 4.92. The van der Waals surface area contributed by atoms with Gasteiger partial charge < -0.3 is 9.84 Å². The number of anilines is 1. The van der Waals surface area contributed by atoms with E-state index >= 15 is 0 Å². The van der Waals surface area contributed by atoms with Crippen LogP contribution in [0.3, 0.4) is 0 Å². The van der Waals surface area contributed by atoms with Crippen molar-refractivity contribution in [3.05, 3.63) is 35.9 Å². The number of hydrogen-bond acceptors (Lipinski definition) is 6. The van der Waals surface area contributed by atoms with Crippen LogP contribution >= 0.6 is 0 Å². The Balaban J connectivity index is 1.87. The molecule has 0 aliphatic carbocycles. The van der Waals surface area contributed by atoms with Gasteiger partial charge in [-0.05, 0) is 18.9 Å². The first kappa shape index (κ1) is 12.6. The van der Waals surface area contributed by atoms with Crippen LogP contribution in [0.1, 0.15) is 37.2 Å². The molecule has 3 aromatic rings. The molecule has 20 heavy (non-hydrogen) atoms. The molecule has 0 aliphatic rings. The largest absolute Gasteiger partial charge is 0.359 e. The Hall–Kier alpha value is -2.44. The number of aromatic nitrogens is 5. The Bertz CT molecular complexity index is 729. The van der Waals surface area contributed by atoms with Gasteiger partial charge in [0.25, 0.3) is 0 Å². The molecule has 0 aliphatic heterocycles. The third-order valence-corrected chi connectivity index (χ3v) is 2.98. The lowest BCUT2D eigenvalue weighted by Gasteiger charge is -2.03. The summed E-state index contributed by atoms with van der Waals surface area (Å²) in [7, 11) is 0. The molecule has 0 saturated heterocycles. The van der Waals surface area contributed by atoms with E-state index < -0.39 is 0 Å². The lowest BCUT2D eigenvalue weighted by Crippen LogP contribution is -2.03. The van der Waals surface area contributed by atoms with Crippen molar-refractivity contribution in [3.63, 3.8) is 0 Å². The van der Waals surface area contributed by atoms with Crippen LogP contribution in [0.4, 0.5) is 5.82 Å². The smallest absolute Gasteiger partial charge is 0.245 e. The van der Waals surface area contributed by atoms with Crippen LogP contribution in [0.25, 0.3) is 5.52 Å². The third kappa shape index (κ3) is 2.34. The summed E-state index contributed by atoms with van der Waals surface area (Å²) in [6.07, 6.45) is 3.55. The van der Waals surface area contributed by atoms with E-state index in [-0.39, 0.29) is 0 Å². The second kappa shape index (κ2) is 4.92. The fourth-order valence-electron chi connectivity index (χ4n) is 1.93. The average Bonchev–Trinajstić information content (AvgIpc) is 3.02. The molecule has 0 saturated carbocycles. The Morgan fingerprint density at radius 1 is 1.40 bits per heavy atom. The van der Waals surface area contributed by atoms with E-state index in [2.05, 4.69) is 39.4 Å². The van der Waals surface area contributed by atoms with E-state index in [1.165, 1.54) is 0 Å². The van der Waals surface area contributed by atoms with Gasteiger partial charge in [0.15, 0.2) is 11.6 Å². The molecule has 3 heterocycles. The van der Waals surface area contributed by atoms with E-state index in [1.54, 1.807) is 13.1 Å². The third-order valence-electron chi connectivity index (χ3n) is 2.98. The molecule has 0 unspecified atom stereocenters. The van der Waals surface area contributed by atoms with E-state index in [1.807, 2.05) is 16.8 Å². The highest BCUT2D eigenvalue weighted by Gasteiger charge is 2.10. The first-order valence-electron chi connectivity index (χ1n) is 6.51. The number of aryl methyl sites for hydroxylation is 1. The van der Waals surface area contributed by atoms with E-state index in [0.717, 1.165) is 17.0 Å². The second-order valence-corrected chi connectivity index (χ2v) is 4.92. The maximum absolute atomic E-state index is 5.07. The number of nitrogens with one attached hydrogen (secondary N) is 1. The molecule has 0 spiro atoms. The number of rotatable bonds is 4. The van der Waals surface area contributed by atoms with Crippen LogP contribution in [0.15, 0.2) is 23.0 Å². The van der Waals surface area contributed by atoms with E-state index in [4.69, 9.17) is 4.52 Å². The molecule has 0 radical (unpaired) electrons. The zero-order chi connectivity index (χ0) is 14.1. The summed E-state index contributed by atoms with van der Waals surface area (Å²) < 4.78 is 6.89. The van der Waals surface area contributed by atoms with Crippen molar-refractivity contribution in [1.82, 2.24) is 24.7 Å². The molecule has 0 amide bonds. The maximum atomic E-state index is 5.07. The quantitative estimate of drug-likeness (QED) is 0.783. The summed E-state index contributed by atoms with van der Waals surface area (Å²) in [4.78, 5) is 8.49. The summed E-state index contributed by atoms with van der Waals surface area (Å²) >= 11 is 0. The van der Waals surface area contributed by atoms with Gasteiger partial charge in [0.2, 0.25) is 5.89 Å². The van der Waals surface area contributed by atoms with Crippen molar-refractivity contribution in [1.29, 1.82) is 0 Å². The maximum Gasteiger partial charge on any atom is 0.245 e. The topological polar surface area (TPSA) is 81.1 Å². The van der Waals surface area contributed by atoms with Crippen LogP contribution in [0, 0.1) is 6.92 Å². The molecular weight excluding hydrogens is 256 g/mol. The van der Waals surface area contributed by atoms with Gasteiger partial charge in [0, 0.05) is 12.4 Å². The zero-order valence-corrected chi connectivity index (χ0v) is 11.7. The minimum atomic E-state index is 0.376. The monoisotopic (exact) mass is 272 g/mol. The predicted molar refractivity (Wildman–Crippen MR) is 73.4 cm³/mol. The Morgan fingerprint density at radius 3 is 2.95 bits per heavy atom. The van der Waals surface area contributed by atoms with Gasteiger partial charge >= 0.3 is 0 Å². The lowest BCUT2D eigenvalue weighted by molar-refractivity contribution is 0.379. The minimum Gasteiger partial charge on any atom is -0.359 e. The zero-order valence-electron chi connectivity index (χ0n) is 11.7. The van der Waals surface area contributed by atoms with Crippen LogP contribution < -0.4 is 5.32 Å². The fourth-order valence-corrected chi connectivity index (χ4v) is 1.93. The highest BCUT2D eigenvalue weighted by molar-refractivity contribution is 5.67. The summed E-state index contributed by atoms with van der Waals surface area (Å²) in [6.45, 7) is 6.46. The van der Waals surface area contributed by atoms with Crippen molar-refractivity contribution in [2.75, 3.05) is 5.32 Å². The molecule has 0 bridgehead atoms. The summed E-state index contributed by atoms with van der Waals surface area (Å²) in [6, 6.07) is 2.04. The van der Waals surface area contributed by atoms with Gasteiger partial charge in [-0.2, -0.15) is 10.1 Å². The first-order valence-corrected chi connectivity index (χ1v) is 6.51. The highest BCUT2D eigenvalue weighted by Crippen LogP contribution is 2.20. The van der Waals surface area contributed by atoms with Crippen molar-refractivity contribution < 1.29 is 4.52 Å². The van der Waals surface area contributed by atoms with Gasteiger partial charge in [0.1, 0.15) is 5.52 Å². The SMILES string of the molecule is Cc1noc(CNc2nccn3nc(C(C)C)cc23)n1. The van der Waals surface area contributed by atoms with Gasteiger partial charge in [-0.3, -0.25) is 0 Å². The highest BCUT2D eigenvalue weighted by atomic mass is 16.5. The first-order chi connectivity index (χ1) is 9.63. The molecule has 3 rings (SSSR count). The average molecular weight is 272 g/mol. The van der Waals surface area contributed by atoms with Crippen LogP contribution in [-0.4, -0.2) is 24.7 Å². The predicted octanol–water partition coefficient (Wildman–Crippen LogP) is 2.16. The molecule has 0 fully saturated rings. The van der Waals surface area contributed by atoms with Crippen LogP contribution in [0.2, 0.25) is 0 Å². The molecule has 104 valence electrons.